The lowest BCUT2D eigenvalue weighted by Crippen LogP contribution is -2.32. The number of pyridine rings is 1. The van der Waals surface area contributed by atoms with E-state index in [2.05, 4.69) is 0 Å². The van der Waals surface area contributed by atoms with E-state index in [1.807, 2.05) is 6.07 Å². The molecule has 3 rings (SSSR count). The molecule has 1 aliphatic carbocycles. The lowest BCUT2D eigenvalue weighted by atomic mass is 9.98. The number of nitrogens with zero attached hydrogens (tertiary/aromatic N) is 2. The van der Waals surface area contributed by atoms with Gasteiger partial charge in [-0.15, -0.1) is 0 Å². The number of methoxy groups -OCH3 is 1. The number of carbonyl (C=O) groups is 1. The fourth-order valence-corrected chi connectivity index (χ4v) is 3.88. The maximum Gasteiger partial charge on any atom is 0.271 e. The molecule has 1 atom stereocenters. The van der Waals surface area contributed by atoms with Gasteiger partial charge in [-0.2, -0.15) is 5.26 Å². The summed E-state index contributed by atoms with van der Waals surface area (Å²) in [6, 6.07) is 8.61. The third-order valence-electron chi connectivity index (χ3n) is 5.42. The zero-order valence-electron chi connectivity index (χ0n) is 16.8. The molecule has 152 valence electrons. The van der Waals surface area contributed by atoms with Crippen molar-refractivity contribution in [1.82, 2.24) is 4.57 Å². The Labute approximate surface area is 169 Å². The van der Waals surface area contributed by atoms with E-state index in [0.717, 1.165) is 25.7 Å². The minimum absolute atomic E-state index is 0.0459. The number of benzene rings is 1. The van der Waals surface area contributed by atoms with Crippen LogP contribution in [-0.2, 0) is 0 Å². The number of ketones is 1. The summed E-state index contributed by atoms with van der Waals surface area (Å²) in [5.74, 6) is -0.0348. The first-order chi connectivity index (χ1) is 13.9. The Morgan fingerprint density at radius 3 is 2.48 bits per heavy atom. The molecule has 0 saturated heterocycles. The van der Waals surface area contributed by atoms with E-state index in [-0.39, 0.29) is 28.6 Å². The molecule has 0 spiro atoms. The number of carbonyl (C=O) groups excluding carboxylic acids is 1. The van der Waals surface area contributed by atoms with Gasteiger partial charge in [0, 0.05) is 6.04 Å². The lowest BCUT2D eigenvalue weighted by Gasteiger charge is -2.22. The molecule has 1 unspecified atom stereocenters. The second-order valence-corrected chi connectivity index (χ2v) is 7.20. The van der Waals surface area contributed by atoms with Crippen LogP contribution in [-0.4, -0.2) is 28.7 Å². The van der Waals surface area contributed by atoms with Crippen molar-refractivity contribution in [3.63, 3.8) is 0 Å². The van der Waals surface area contributed by atoms with Gasteiger partial charge in [-0.25, -0.2) is 0 Å². The van der Waals surface area contributed by atoms with Crippen LogP contribution in [0.3, 0.4) is 0 Å². The van der Waals surface area contributed by atoms with Crippen LogP contribution in [0.1, 0.15) is 60.1 Å². The Bertz CT molecular complexity index is 1030. The first-order valence-corrected chi connectivity index (χ1v) is 9.62. The number of hydrogen-bond acceptors (Lipinski definition) is 6. The van der Waals surface area contributed by atoms with E-state index in [1.165, 1.54) is 18.6 Å². The predicted octanol–water partition coefficient (Wildman–Crippen LogP) is 3.51. The number of ether oxygens (including phenoxy) is 2. The van der Waals surface area contributed by atoms with Crippen LogP contribution in [0.5, 0.6) is 17.4 Å². The summed E-state index contributed by atoms with van der Waals surface area (Å²) < 4.78 is 12.2. The summed E-state index contributed by atoms with van der Waals surface area (Å²) in [5.41, 5.74) is -0.549. The Kier molecular flexibility index (Phi) is 5.92. The van der Waals surface area contributed by atoms with Gasteiger partial charge in [-0.1, -0.05) is 25.0 Å². The molecule has 0 bridgehead atoms. The minimum atomic E-state index is -0.961. The van der Waals surface area contributed by atoms with Crippen LogP contribution >= 0.6 is 0 Å². The molecule has 1 N–H and O–H groups in total. The van der Waals surface area contributed by atoms with Crippen molar-refractivity contribution in [3.05, 3.63) is 51.3 Å². The summed E-state index contributed by atoms with van der Waals surface area (Å²) >= 11 is 0. The SMILES string of the molecule is COc1ccccc1OC(C)C(=O)c1c(C)c(C#N)c(=O)n(C2CCCC2)c1O. The molecule has 7 nitrogen and oxygen atoms in total. The molecular formula is C22H24N2O5. The highest BCUT2D eigenvalue weighted by Crippen LogP contribution is 2.35. The van der Waals surface area contributed by atoms with Gasteiger partial charge in [0.15, 0.2) is 17.6 Å². The normalized spacial score (nSPS) is 15.0. The summed E-state index contributed by atoms with van der Waals surface area (Å²) in [7, 11) is 1.50. The standard InChI is InChI=1S/C22H24N2O5/c1-13-16(12-23)21(26)24(15-8-4-5-9-15)22(27)19(13)20(25)14(2)29-18-11-7-6-10-17(18)28-3/h6-7,10-11,14-15,27H,4-5,8-9H2,1-3H3. The third-order valence-corrected chi connectivity index (χ3v) is 5.42. The first kappa shape index (κ1) is 20.5. The Morgan fingerprint density at radius 1 is 1.28 bits per heavy atom. The zero-order valence-corrected chi connectivity index (χ0v) is 16.8. The molecule has 1 heterocycles. The van der Waals surface area contributed by atoms with Crippen molar-refractivity contribution in [2.45, 2.75) is 51.7 Å². The highest BCUT2D eigenvalue weighted by molar-refractivity contribution is 6.03. The number of aromatic hydroxyl groups is 1. The van der Waals surface area contributed by atoms with Crippen molar-refractivity contribution in [1.29, 1.82) is 5.26 Å². The molecule has 1 fully saturated rings. The van der Waals surface area contributed by atoms with Crippen molar-refractivity contribution < 1.29 is 19.4 Å². The zero-order chi connectivity index (χ0) is 21.1. The second-order valence-electron chi connectivity index (χ2n) is 7.20. The van der Waals surface area contributed by atoms with E-state index in [1.54, 1.807) is 31.2 Å². The van der Waals surface area contributed by atoms with Crippen LogP contribution in [0.4, 0.5) is 0 Å². The van der Waals surface area contributed by atoms with E-state index in [0.29, 0.717) is 11.5 Å². The van der Waals surface area contributed by atoms with E-state index >= 15 is 0 Å². The van der Waals surface area contributed by atoms with Gasteiger partial charge in [0.25, 0.3) is 5.56 Å². The van der Waals surface area contributed by atoms with Crippen molar-refractivity contribution in [2.75, 3.05) is 7.11 Å². The van der Waals surface area contributed by atoms with Crippen molar-refractivity contribution in [2.24, 2.45) is 0 Å². The highest BCUT2D eigenvalue weighted by atomic mass is 16.5. The maximum atomic E-state index is 13.2. The summed E-state index contributed by atoms with van der Waals surface area (Å²) in [6.45, 7) is 3.06. The van der Waals surface area contributed by atoms with E-state index in [9.17, 15) is 20.0 Å². The molecule has 29 heavy (non-hydrogen) atoms. The van der Waals surface area contributed by atoms with Crippen molar-refractivity contribution in [3.8, 4) is 23.4 Å². The average molecular weight is 396 g/mol. The predicted molar refractivity (Wildman–Crippen MR) is 107 cm³/mol. The Hall–Kier alpha value is -3.27. The molecule has 0 radical (unpaired) electrons. The fraction of sp³-hybridized carbons (Fsp3) is 0.409. The van der Waals surface area contributed by atoms with E-state index < -0.39 is 17.4 Å². The number of para-hydroxylation sites is 2. The van der Waals surface area contributed by atoms with Crippen LogP contribution in [0.25, 0.3) is 0 Å². The molecule has 1 aromatic carbocycles. The van der Waals surface area contributed by atoms with Crippen LogP contribution in [0.15, 0.2) is 29.1 Å². The van der Waals surface area contributed by atoms with E-state index in [4.69, 9.17) is 9.47 Å². The fourth-order valence-electron chi connectivity index (χ4n) is 3.88. The Balaban J connectivity index is 2.05. The highest BCUT2D eigenvalue weighted by Gasteiger charge is 2.31. The minimum Gasteiger partial charge on any atom is -0.494 e. The van der Waals surface area contributed by atoms with Crippen LogP contribution in [0.2, 0.25) is 0 Å². The van der Waals surface area contributed by atoms with Crippen LogP contribution < -0.4 is 15.0 Å². The van der Waals surface area contributed by atoms with Gasteiger partial charge >= 0.3 is 0 Å². The second kappa shape index (κ2) is 8.39. The Morgan fingerprint density at radius 2 is 1.90 bits per heavy atom. The average Bonchev–Trinajstić information content (AvgIpc) is 3.22. The number of nitriles is 1. The maximum absolute atomic E-state index is 13.2. The van der Waals surface area contributed by atoms with Crippen LogP contribution in [0, 0.1) is 18.3 Å². The summed E-state index contributed by atoms with van der Waals surface area (Å²) in [5, 5.41) is 20.4. The molecule has 0 aliphatic heterocycles. The molecule has 2 aromatic rings. The molecule has 1 saturated carbocycles. The topological polar surface area (TPSA) is 102 Å². The quantitative estimate of drug-likeness (QED) is 0.750. The first-order valence-electron chi connectivity index (χ1n) is 9.62. The monoisotopic (exact) mass is 396 g/mol. The summed E-state index contributed by atoms with van der Waals surface area (Å²) in [4.78, 5) is 26.0. The number of aromatic nitrogens is 1. The molecule has 7 heteroatoms. The van der Waals surface area contributed by atoms with Gasteiger partial charge in [0.05, 0.1) is 12.7 Å². The van der Waals surface area contributed by atoms with Crippen molar-refractivity contribution >= 4 is 5.78 Å². The molecule has 0 amide bonds. The van der Waals surface area contributed by atoms with Gasteiger partial charge in [-0.05, 0) is 44.4 Å². The number of rotatable bonds is 6. The molecule has 1 aromatic heterocycles. The number of hydrogen-bond donors (Lipinski definition) is 1. The molecular weight excluding hydrogens is 372 g/mol. The number of Topliss-reactive ketones (excluding diaryl/α,β-unsaturated/α-hetero) is 1. The van der Waals surface area contributed by atoms with Gasteiger partial charge < -0.3 is 14.6 Å². The third kappa shape index (κ3) is 3.70. The largest absolute Gasteiger partial charge is 0.494 e. The van der Waals surface area contributed by atoms with Gasteiger partial charge in [0.1, 0.15) is 11.6 Å². The lowest BCUT2D eigenvalue weighted by molar-refractivity contribution is 0.0808. The van der Waals surface area contributed by atoms with Gasteiger partial charge in [-0.3, -0.25) is 14.2 Å². The smallest absolute Gasteiger partial charge is 0.271 e. The summed E-state index contributed by atoms with van der Waals surface area (Å²) in [6.07, 6.45) is 2.35. The van der Waals surface area contributed by atoms with Gasteiger partial charge in [0.2, 0.25) is 11.7 Å². The molecule has 1 aliphatic rings.